The number of aryl methyl sites for hydroxylation is 1. The molecule has 1 saturated heterocycles. The van der Waals surface area contributed by atoms with Crippen LogP contribution in [0, 0.1) is 18.3 Å². The van der Waals surface area contributed by atoms with Crippen LogP contribution in [-0.2, 0) is 6.54 Å². The summed E-state index contributed by atoms with van der Waals surface area (Å²) < 4.78 is 0. The summed E-state index contributed by atoms with van der Waals surface area (Å²) in [4.78, 5) is 2.31. The van der Waals surface area contributed by atoms with Crippen LogP contribution < -0.4 is 0 Å². The molecule has 1 heterocycles. The van der Waals surface area contributed by atoms with E-state index in [2.05, 4.69) is 42.2 Å². The van der Waals surface area contributed by atoms with E-state index in [0.717, 1.165) is 19.5 Å². The first-order valence-corrected chi connectivity index (χ1v) is 5.99. The van der Waals surface area contributed by atoms with E-state index in [1.807, 2.05) is 0 Å². The number of nitriles is 1. The van der Waals surface area contributed by atoms with Crippen molar-refractivity contribution in [2.24, 2.45) is 0 Å². The summed E-state index contributed by atoms with van der Waals surface area (Å²) in [5, 5.41) is 9.12. The Labute approximate surface area is 97.5 Å². The molecule has 1 aromatic rings. The smallest absolute Gasteiger partial charge is 0.0980 e. The molecule has 0 radical (unpaired) electrons. The second-order valence-corrected chi connectivity index (χ2v) is 4.54. The van der Waals surface area contributed by atoms with Crippen molar-refractivity contribution < 1.29 is 0 Å². The zero-order chi connectivity index (χ0) is 11.4. The Morgan fingerprint density at radius 1 is 1.38 bits per heavy atom. The van der Waals surface area contributed by atoms with Gasteiger partial charge in [0.1, 0.15) is 0 Å². The Morgan fingerprint density at radius 3 is 2.94 bits per heavy atom. The van der Waals surface area contributed by atoms with Crippen LogP contribution in [0.5, 0.6) is 0 Å². The predicted octanol–water partition coefficient (Wildman–Crippen LogP) is 2.87. The molecule has 1 aromatic carbocycles. The van der Waals surface area contributed by atoms with Gasteiger partial charge in [-0.2, -0.15) is 5.26 Å². The minimum absolute atomic E-state index is 0.119. The molecule has 2 heteroatoms. The molecule has 1 fully saturated rings. The van der Waals surface area contributed by atoms with E-state index in [0.29, 0.717) is 0 Å². The fraction of sp³-hybridized carbons (Fsp3) is 0.500. The molecule has 0 aromatic heterocycles. The van der Waals surface area contributed by atoms with Crippen LogP contribution >= 0.6 is 0 Å². The first-order valence-electron chi connectivity index (χ1n) is 5.99. The maximum Gasteiger partial charge on any atom is 0.0980 e. The maximum atomic E-state index is 9.12. The monoisotopic (exact) mass is 214 g/mol. The van der Waals surface area contributed by atoms with Crippen molar-refractivity contribution in [3.05, 3.63) is 35.4 Å². The number of piperidine rings is 1. The third kappa shape index (κ3) is 2.43. The molecular formula is C14H18N2. The van der Waals surface area contributed by atoms with E-state index >= 15 is 0 Å². The standard InChI is InChI=1S/C14H18N2/c1-12-6-2-3-7-13(12)11-16-9-5-4-8-14(16)10-15/h2-3,6-7,14H,4-5,8-9,11H2,1H3. The lowest BCUT2D eigenvalue weighted by Crippen LogP contribution is -2.38. The van der Waals surface area contributed by atoms with Crippen LogP contribution in [0.4, 0.5) is 0 Å². The molecule has 0 aliphatic carbocycles. The highest BCUT2D eigenvalue weighted by Gasteiger charge is 2.21. The molecule has 0 bridgehead atoms. The normalized spacial score (nSPS) is 21.6. The zero-order valence-corrected chi connectivity index (χ0v) is 9.82. The molecule has 1 atom stereocenters. The Balaban J connectivity index is 2.09. The van der Waals surface area contributed by atoms with E-state index in [1.165, 1.54) is 24.0 Å². The van der Waals surface area contributed by atoms with E-state index < -0.39 is 0 Å². The van der Waals surface area contributed by atoms with Gasteiger partial charge in [-0.25, -0.2) is 0 Å². The molecule has 84 valence electrons. The predicted molar refractivity (Wildman–Crippen MR) is 64.8 cm³/mol. The number of nitrogens with zero attached hydrogens (tertiary/aromatic N) is 2. The second kappa shape index (κ2) is 5.14. The number of hydrogen-bond donors (Lipinski definition) is 0. The lowest BCUT2D eigenvalue weighted by molar-refractivity contribution is 0.176. The van der Waals surface area contributed by atoms with E-state index in [9.17, 15) is 0 Å². The van der Waals surface area contributed by atoms with Crippen LogP contribution in [0.15, 0.2) is 24.3 Å². The van der Waals surface area contributed by atoms with Gasteiger partial charge in [0.2, 0.25) is 0 Å². The SMILES string of the molecule is Cc1ccccc1CN1CCCCC1C#N. The summed E-state index contributed by atoms with van der Waals surface area (Å²) in [6.07, 6.45) is 3.45. The molecule has 1 unspecified atom stereocenters. The van der Waals surface area contributed by atoms with Crippen molar-refractivity contribution in [1.29, 1.82) is 5.26 Å². The van der Waals surface area contributed by atoms with Gasteiger partial charge in [-0.1, -0.05) is 24.3 Å². The maximum absolute atomic E-state index is 9.12. The molecule has 0 amide bonds. The third-order valence-corrected chi connectivity index (χ3v) is 3.40. The van der Waals surface area contributed by atoms with Crippen LogP contribution in [-0.4, -0.2) is 17.5 Å². The van der Waals surface area contributed by atoms with Gasteiger partial charge in [0, 0.05) is 6.54 Å². The number of likely N-dealkylation sites (tertiary alicyclic amines) is 1. The highest BCUT2D eigenvalue weighted by atomic mass is 15.2. The Bertz CT molecular complexity index is 392. The van der Waals surface area contributed by atoms with Gasteiger partial charge < -0.3 is 0 Å². The molecular weight excluding hydrogens is 196 g/mol. The summed E-state index contributed by atoms with van der Waals surface area (Å²) in [6.45, 7) is 4.12. The summed E-state index contributed by atoms with van der Waals surface area (Å²) in [5.74, 6) is 0. The minimum Gasteiger partial charge on any atom is -0.284 e. The van der Waals surface area contributed by atoms with Crippen LogP contribution in [0.3, 0.4) is 0 Å². The van der Waals surface area contributed by atoms with Crippen molar-refractivity contribution in [2.75, 3.05) is 6.54 Å². The fourth-order valence-corrected chi connectivity index (χ4v) is 2.33. The highest BCUT2D eigenvalue weighted by Crippen LogP contribution is 2.20. The molecule has 2 nitrogen and oxygen atoms in total. The Hall–Kier alpha value is -1.33. The lowest BCUT2D eigenvalue weighted by Gasteiger charge is -2.31. The van der Waals surface area contributed by atoms with Crippen molar-refractivity contribution in [3.8, 4) is 6.07 Å². The summed E-state index contributed by atoms with van der Waals surface area (Å²) in [5.41, 5.74) is 2.68. The molecule has 0 N–H and O–H groups in total. The topological polar surface area (TPSA) is 27.0 Å². The Morgan fingerprint density at radius 2 is 2.19 bits per heavy atom. The average Bonchev–Trinajstić information content (AvgIpc) is 2.33. The fourth-order valence-electron chi connectivity index (χ4n) is 2.33. The van der Waals surface area contributed by atoms with Gasteiger partial charge in [0.05, 0.1) is 12.1 Å². The first kappa shape index (κ1) is 11.2. The molecule has 16 heavy (non-hydrogen) atoms. The van der Waals surface area contributed by atoms with E-state index in [-0.39, 0.29) is 6.04 Å². The summed E-state index contributed by atoms with van der Waals surface area (Å²) >= 11 is 0. The molecule has 0 spiro atoms. The minimum atomic E-state index is 0.119. The number of hydrogen-bond acceptors (Lipinski definition) is 2. The van der Waals surface area contributed by atoms with E-state index in [1.54, 1.807) is 0 Å². The third-order valence-electron chi connectivity index (χ3n) is 3.40. The molecule has 2 rings (SSSR count). The largest absolute Gasteiger partial charge is 0.284 e. The number of rotatable bonds is 2. The molecule has 1 aliphatic heterocycles. The highest BCUT2D eigenvalue weighted by molar-refractivity contribution is 5.25. The van der Waals surface area contributed by atoms with Crippen LogP contribution in [0.25, 0.3) is 0 Å². The zero-order valence-electron chi connectivity index (χ0n) is 9.82. The van der Waals surface area contributed by atoms with Gasteiger partial charge in [0.15, 0.2) is 0 Å². The number of benzene rings is 1. The second-order valence-electron chi connectivity index (χ2n) is 4.54. The first-order chi connectivity index (χ1) is 7.81. The van der Waals surface area contributed by atoms with Gasteiger partial charge in [-0.15, -0.1) is 0 Å². The van der Waals surface area contributed by atoms with E-state index in [4.69, 9.17) is 5.26 Å². The molecule has 0 saturated carbocycles. The van der Waals surface area contributed by atoms with Gasteiger partial charge in [-0.3, -0.25) is 4.90 Å². The summed E-state index contributed by atoms with van der Waals surface area (Å²) in [7, 11) is 0. The average molecular weight is 214 g/mol. The van der Waals surface area contributed by atoms with Crippen LogP contribution in [0.1, 0.15) is 30.4 Å². The van der Waals surface area contributed by atoms with Crippen molar-refractivity contribution in [1.82, 2.24) is 4.90 Å². The Kier molecular flexibility index (Phi) is 3.58. The van der Waals surface area contributed by atoms with Crippen LogP contribution in [0.2, 0.25) is 0 Å². The van der Waals surface area contributed by atoms with Gasteiger partial charge >= 0.3 is 0 Å². The summed E-state index contributed by atoms with van der Waals surface area (Å²) in [6, 6.07) is 11.0. The van der Waals surface area contributed by atoms with Gasteiger partial charge in [0.25, 0.3) is 0 Å². The molecule has 1 aliphatic rings. The van der Waals surface area contributed by atoms with Crippen molar-refractivity contribution in [3.63, 3.8) is 0 Å². The lowest BCUT2D eigenvalue weighted by atomic mass is 10.0. The quantitative estimate of drug-likeness (QED) is 0.757. The van der Waals surface area contributed by atoms with Gasteiger partial charge in [-0.05, 0) is 43.9 Å². The van der Waals surface area contributed by atoms with Crippen molar-refractivity contribution in [2.45, 2.75) is 38.8 Å². The van der Waals surface area contributed by atoms with Crippen molar-refractivity contribution >= 4 is 0 Å².